The van der Waals surface area contributed by atoms with Crippen LogP contribution < -0.4 is 5.32 Å². The van der Waals surface area contributed by atoms with Crippen LogP contribution in [0.25, 0.3) is 22.3 Å². The molecule has 1 aliphatic rings. The molecule has 1 aliphatic carbocycles. The summed E-state index contributed by atoms with van der Waals surface area (Å²) >= 11 is 0. The van der Waals surface area contributed by atoms with Gasteiger partial charge in [-0.2, -0.15) is 0 Å². The predicted octanol–water partition coefficient (Wildman–Crippen LogP) is 4.89. The molecule has 1 aromatic carbocycles. The molecule has 0 radical (unpaired) electrons. The van der Waals surface area contributed by atoms with E-state index in [0.717, 1.165) is 39.8 Å². The first kappa shape index (κ1) is 15.1. The van der Waals surface area contributed by atoms with E-state index in [2.05, 4.69) is 56.4 Å². The van der Waals surface area contributed by atoms with Gasteiger partial charge in [0, 0.05) is 35.2 Å². The quantitative estimate of drug-likeness (QED) is 0.555. The van der Waals surface area contributed by atoms with Gasteiger partial charge in [0.15, 0.2) is 0 Å². The van der Waals surface area contributed by atoms with E-state index in [4.69, 9.17) is 0 Å². The Bertz CT molecular complexity index is 1070. The minimum absolute atomic E-state index is 0.591. The number of pyridine rings is 1. The summed E-state index contributed by atoms with van der Waals surface area (Å²) in [5.74, 6) is 2.15. The SMILES string of the molecule is CC1CC1c1ccc(Nc2nccc(-c3c[nH]c4ncccc34)n2)cc1. The molecular formula is C21H19N5. The van der Waals surface area contributed by atoms with Crippen LogP contribution in [0.2, 0.25) is 0 Å². The zero-order valence-electron chi connectivity index (χ0n) is 14.5. The van der Waals surface area contributed by atoms with Crippen molar-refractivity contribution >= 4 is 22.7 Å². The van der Waals surface area contributed by atoms with E-state index in [1.165, 1.54) is 12.0 Å². The molecule has 2 atom stereocenters. The molecule has 26 heavy (non-hydrogen) atoms. The molecule has 5 rings (SSSR count). The second-order valence-corrected chi connectivity index (χ2v) is 6.93. The van der Waals surface area contributed by atoms with Gasteiger partial charge in [-0.15, -0.1) is 0 Å². The van der Waals surface area contributed by atoms with Crippen LogP contribution in [-0.4, -0.2) is 19.9 Å². The van der Waals surface area contributed by atoms with E-state index < -0.39 is 0 Å². The third kappa shape index (κ3) is 2.71. The lowest BCUT2D eigenvalue weighted by atomic mass is 10.1. The van der Waals surface area contributed by atoms with Gasteiger partial charge in [-0.25, -0.2) is 15.0 Å². The maximum atomic E-state index is 4.67. The molecule has 5 heteroatoms. The largest absolute Gasteiger partial charge is 0.345 e. The lowest BCUT2D eigenvalue weighted by Gasteiger charge is -2.07. The van der Waals surface area contributed by atoms with Crippen LogP contribution in [0.15, 0.2) is 61.1 Å². The monoisotopic (exact) mass is 341 g/mol. The molecule has 3 aromatic heterocycles. The number of rotatable bonds is 4. The third-order valence-electron chi connectivity index (χ3n) is 5.09. The third-order valence-corrected chi connectivity index (χ3v) is 5.09. The number of nitrogens with one attached hydrogen (secondary N) is 2. The smallest absolute Gasteiger partial charge is 0.227 e. The summed E-state index contributed by atoms with van der Waals surface area (Å²) in [5, 5.41) is 4.36. The first-order chi connectivity index (χ1) is 12.8. The molecule has 0 saturated heterocycles. The van der Waals surface area contributed by atoms with Crippen molar-refractivity contribution in [2.75, 3.05) is 5.32 Å². The fourth-order valence-corrected chi connectivity index (χ4v) is 3.47. The van der Waals surface area contributed by atoms with Crippen LogP contribution in [0.3, 0.4) is 0 Å². The molecule has 0 spiro atoms. The molecule has 3 heterocycles. The van der Waals surface area contributed by atoms with Crippen molar-refractivity contribution in [3.05, 3.63) is 66.6 Å². The minimum Gasteiger partial charge on any atom is -0.345 e. The summed E-state index contributed by atoms with van der Waals surface area (Å²) in [6.07, 6.45) is 6.80. The van der Waals surface area contributed by atoms with Crippen molar-refractivity contribution < 1.29 is 0 Å². The Morgan fingerprint density at radius 3 is 2.69 bits per heavy atom. The van der Waals surface area contributed by atoms with Crippen LogP contribution in [0.1, 0.15) is 24.8 Å². The lowest BCUT2D eigenvalue weighted by molar-refractivity contribution is 0.915. The zero-order chi connectivity index (χ0) is 17.5. The topological polar surface area (TPSA) is 66.5 Å². The highest BCUT2D eigenvalue weighted by Crippen LogP contribution is 2.46. The molecule has 1 saturated carbocycles. The highest BCUT2D eigenvalue weighted by molar-refractivity contribution is 5.92. The first-order valence-electron chi connectivity index (χ1n) is 8.90. The molecule has 0 aliphatic heterocycles. The van der Waals surface area contributed by atoms with Gasteiger partial charge in [-0.3, -0.25) is 0 Å². The summed E-state index contributed by atoms with van der Waals surface area (Å²) in [7, 11) is 0. The summed E-state index contributed by atoms with van der Waals surface area (Å²) in [4.78, 5) is 16.6. The average molecular weight is 341 g/mol. The fraction of sp³-hybridized carbons (Fsp3) is 0.190. The van der Waals surface area contributed by atoms with Gasteiger partial charge in [0.05, 0.1) is 5.69 Å². The number of H-pyrrole nitrogens is 1. The summed E-state index contributed by atoms with van der Waals surface area (Å²) < 4.78 is 0. The van der Waals surface area contributed by atoms with Crippen molar-refractivity contribution in [1.29, 1.82) is 0 Å². The number of anilines is 2. The molecular weight excluding hydrogens is 322 g/mol. The van der Waals surface area contributed by atoms with Gasteiger partial charge < -0.3 is 10.3 Å². The second kappa shape index (κ2) is 5.95. The maximum absolute atomic E-state index is 4.67. The number of nitrogens with zero attached hydrogens (tertiary/aromatic N) is 3. The highest BCUT2D eigenvalue weighted by Gasteiger charge is 2.33. The molecule has 4 aromatic rings. The van der Waals surface area contributed by atoms with Crippen LogP contribution in [0.4, 0.5) is 11.6 Å². The van der Waals surface area contributed by atoms with Crippen molar-refractivity contribution in [3.8, 4) is 11.3 Å². The number of benzene rings is 1. The molecule has 5 nitrogen and oxygen atoms in total. The lowest BCUT2D eigenvalue weighted by Crippen LogP contribution is -1.98. The molecule has 0 amide bonds. The number of aromatic nitrogens is 4. The van der Waals surface area contributed by atoms with Crippen LogP contribution in [0, 0.1) is 5.92 Å². The summed E-state index contributed by atoms with van der Waals surface area (Å²) in [5.41, 5.74) is 5.17. The van der Waals surface area contributed by atoms with Crippen LogP contribution in [-0.2, 0) is 0 Å². The van der Waals surface area contributed by atoms with Crippen molar-refractivity contribution in [1.82, 2.24) is 19.9 Å². The Balaban J connectivity index is 1.41. The average Bonchev–Trinajstić information content (AvgIpc) is 3.25. The molecule has 128 valence electrons. The van der Waals surface area contributed by atoms with E-state index in [0.29, 0.717) is 5.95 Å². The molecule has 2 unspecified atom stereocenters. The van der Waals surface area contributed by atoms with E-state index >= 15 is 0 Å². The Hall–Kier alpha value is -3.21. The normalized spacial score (nSPS) is 18.8. The molecule has 1 fully saturated rings. The molecule has 0 bridgehead atoms. The molecule has 2 N–H and O–H groups in total. The Morgan fingerprint density at radius 1 is 1.04 bits per heavy atom. The van der Waals surface area contributed by atoms with Crippen molar-refractivity contribution in [2.45, 2.75) is 19.3 Å². The second-order valence-electron chi connectivity index (χ2n) is 6.93. The number of hydrogen-bond donors (Lipinski definition) is 2. The number of fused-ring (bicyclic) bond motifs is 1. The standard InChI is InChI=1S/C21H19N5/c1-13-11-17(13)14-4-6-15(7-5-14)25-21-23-10-8-19(26-21)18-12-24-20-16(18)3-2-9-22-20/h2-10,12-13,17H,11H2,1H3,(H,22,24)(H,23,25,26). The Morgan fingerprint density at radius 2 is 1.88 bits per heavy atom. The van der Waals surface area contributed by atoms with E-state index in [9.17, 15) is 0 Å². The summed E-state index contributed by atoms with van der Waals surface area (Å²) in [6, 6.07) is 14.5. The number of aromatic amines is 1. The van der Waals surface area contributed by atoms with Crippen LogP contribution >= 0.6 is 0 Å². The number of hydrogen-bond acceptors (Lipinski definition) is 4. The van der Waals surface area contributed by atoms with Gasteiger partial charge in [0.2, 0.25) is 5.95 Å². The van der Waals surface area contributed by atoms with Gasteiger partial charge in [0.25, 0.3) is 0 Å². The Kier molecular flexibility index (Phi) is 3.45. The zero-order valence-corrected chi connectivity index (χ0v) is 14.5. The summed E-state index contributed by atoms with van der Waals surface area (Å²) in [6.45, 7) is 2.30. The van der Waals surface area contributed by atoms with E-state index in [-0.39, 0.29) is 0 Å². The van der Waals surface area contributed by atoms with E-state index in [1.54, 1.807) is 12.4 Å². The Labute approximate surface area is 151 Å². The predicted molar refractivity (Wildman–Crippen MR) is 103 cm³/mol. The van der Waals surface area contributed by atoms with Gasteiger partial charge in [-0.05, 0) is 54.2 Å². The van der Waals surface area contributed by atoms with Crippen molar-refractivity contribution in [3.63, 3.8) is 0 Å². The fourth-order valence-electron chi connectivity index (χ4n) is 3.47. The maximum Gasteiger partial charge on any atom is 0.227 e. The highest BCUT2D eigenvalue weighted by atomic mass is 15.1. The van der Waals surface area contributed by atoms with Gasteiger partial charge in [0.1, 0.15) is 5.65 Å². The van der Waals surface area contributed by atoms with Gasteiger partial charge >= 0.3 is 0 Å². The minimum atomic E-state index is 0.591. The van der Waals surface area contributed by atoms with Gasteiger partial charge in [-0.1, -0.05) is 19.1 Å². The van der Waals surface area contributed by atoms with Crippen molar-refractivity contribution in [2.24, 2.45) is 5.92 Å². The van der Waals surface area contributed by atoms with Crippen LogP contribution in [0.5, 0.6) is 0 Å². The first-order valence-corrected chi connectivity index (χ1v) is 8.90. The van der Waals surface area contributed by atoms with E-state index in [1.807, 2.05) is 24.4 Å².